The van der Waals surface area contributed by atoms with Crippen molar-refractivity contribution in [3.63, 3.8) is 0 Å². The molecular formula is C6H14N2. The summed E-state index contributed by atoms with van der Waals surface area (Å²) in [4.78, 5) is 0. The first-order valence-electron chi connectivity index (χ1n) is 2.82. The van der Waals surface area contributed by atoms with Crippen molar-refractivity contribution >= 4 is 0 Å². The Balaban J connectivity index is 3.03. The maximum Gasteiger partial charge on any atom is 0.0200 e. The Bertz CT molecular complexity index is 61.5. The summed E-state index contributed by atoms with van der Waals surface area (Å²) >= 11 is 0. The molecule has 3 N–H and O–H groups in total. The summed E-state index contributed by atoms with van der Waals surface area (Å²) in [6.07, 6.45) is 2.73. The van der Waals surface area contributed by atoms with Crippen LogP contribution in [0.15, 0.2) is 12.7 Å². The third kappa shape index (κ3) is 3.84. The largest absolute Gasteiger partial charge is 0.326 e. The van der Waals surface area contributed by atoms with Crippen LogP contribution in [0.3, 0.4) is 0 Å². The van der Waals surface area contributed by atoms with Gasteiger partial charge in [-0.3, -0.25) is 0 Å². The molecule has 0 aliphatic rings. The first kappa shape index (κ1) is 7.66. The Labute approximate surface area is 50.8 Å². The second-order valence-electron chi connectivity index (χ2n) is 1.84. The Hall–Kier alpha value is -0.340. The monoisotopic (exact) mass is 114 g/mol. The van der Waals surface area contributed by atoms with Crippen LogP contribution in [0, 0.1) is 0 Å². The van der Waals surface area contributed by atoms with E-state index in [0.29, 0.717) is 0 Å². The van der Waals surface area contributed by atoms with Crippen LogP contribution >= 0.6 is 0 Å². The minimum atomic E-state index is 0.234. The highest BCUT2D eigenvalue weighted by Crippen LogP contribution is 1.83. The quantitative estimate of drug-likeness (QED) is 0.509. The molecule has 1 atom stereocenters. The summed E-state index contributed by atoms with van der Waals surface area (Å²) in [6, 6.07) is 0.234. The smallest absolute Gasteiger partial charge is 0.0200 e. The molecule has 0 aromatic carbocycles. The molecule has 0 aliphatic carbocycles. The Kier molecular flexibility index (Phi) is 4.61. The molecule has 0 heterocycles. The van der Waals surface area contributed by atoms with Crippen molar-refractivity contribution < 1.29 is 0 Å². The molecule has 1 unspecified atom stereocenters. The predicted molar refractivity (Wildman–Crippen MR) is 36.7 cm³/mol. The van der Waals surface area contributed by atoms with Crippen molar-refractivity contribution in [2.24, 2.45) is 5.73 Å². The fourth-order valence-corrected chi connectivity index (χ4v) is 0.560. The number of rotatable bonds is 4. The average molecular weight is 114 g/mol. The Morgan fingerprint density at radius 1 is 1.88 bits per heavy atom. The van der Waals surface area contributed by atoms with Crippen molar-refractivity contribution in [3.8, 4) is 0 Å². The number of hydrogen-bond donors (Lipinski definition) is 2. The zero-order valence-electron chi connectivity index (χ0n) is 5.35. The van der Waals surface area contributed by atoms with Gasteiger partial charge in [-0.25, -0.2) is 0 Å². The van der Waals surface area contributed by atoms with Gasteiger partial charge in [0.2, 0.25) is 0 Å². The zero-order chi connectivity index (χ0) is 6.41. The molecule has 0 aliphatic heterocycles. The van der Waals surface area contributed by atoms with E-state index < -0.39 is 0 Å². The van der Waals surface area contributed by atoms with Gasteiger partial charge in [0.15, 0.2) is 0 Å². The fourth-order valence-electron chi connectivity index (χ4n) is 0.560. The van der Waals surface area contributed by atoms with E-state index in [1.165, 1.54) is 0 Å². The highest BCUT2D eigenvalue weighted by atomic mass is 14.9. The summed E-state index contributed by atoms with van der Waals surface area (Å²) in [7, 11) is 1.89. The summed E-state index contributed by atoms with van der Waals surface area (Å²) in [5.41, 5.74) is 5.56. The highest BCUT2D eigenvalue weighted by Gasteiger charge is 1.93. The van der Waals surface area contributed by atoms with Gasteiger partial charge in [0.25, 0.3) is 0 Å². The number of hydrogen-bond acceptors (Lipinski definition) is 2. The molecule has 0 spiro atoms. The first-order valence-corrected chi connectivity index (χ1v) is 2.82. The van der Waals surface area contributed by atoms with Gasteiger partial charge >= 0.3 is 0 Å². The average Bonchev–Trinajstić information content (AvgIpc) is 1.68. The summed E-state index contributed by atoms with van der Waals surface area (Å²) in [5.74, 6) is 0. The maximum atomic E-state index is 5.56. The molecular weight excluding hydrogens is 100 g/mol. The van der Waals surface area contributed by atoms with Crippen LogP contribution in [0.2, 0.25) is 0 Å². The lowest BCUT2D eigenvalue weighted by molar-refractivity contribution is 0.626. The molecule has 0 aromatic heterocycles. The summed E-state index contributed by atoms with van der Waals surface area (Å²) in [5, 5.41) is 2.98. The van der Waals surface area contributed by atoms with Gasteiger partial charge < -0.3 is 11.1 Å². The molecule has 0 saturated carbocycles. The normalized spacial score (nSPS) is 13.2. The lowest BCUT2D eigenvalue weighted by atomic mass is 10.2. The molecule has 0 bridgehead atoms. The third-order valence-electron chi connectivity index (χ3n) is 0.936. The topological polar surface area (TPSA) is 38.0 Å². The van der Waals surface area contributed by atoms with Crippen molar-refractivity contribution in [3.05, 3.63) is 12.7 Å². The van der Waals surface area contributed by atoms with Crippen LogP contribution in [0.4, 0.5) is 0 Å². The zero-order valence-corrected chi connectivity index (χ0v) is 5.35. The highest BCUT2D eigenvalue weighted by molar-refractivity contribution is 4.75. The Morgan fingerprint density at radius 3 is 2.88 bits per heavy atom. The lowest BCUT2D eigenvalue weighted by Gasteiger charge is -2.05. The van der Waals surface area contributed by atoms with E-state index in [9.17, 15) is 0 Å². The van der Waals surface area contributed by atoms with Crippen molar-refractivity contribution in [2.45, 2.75) is 12.5 Å². The fraction of sp³-hybridized carbons (Fsp3) is 0.667. The molecule has 0 saturated heterocycles. The van der Waals surface area contributed by atoms with Crippen LogP contribution in [0.5, 0.6) is 0 Å². The van der Waals surface area contributed by atoms with Crippen LogP contribution in [0.25, 0.3) is 0 Å². The summed E-state index contributed by atoms with van der Waals surface area (Å²) in [6.45, 7) is 4.44. The molecule has 0 radical (unpaired) electrons. The number of nitrogens with two attached hydrogens (primary N) is 1. The van der Waals surface area contributed by atoms with Crippen LogP contribution in [-0.4, -0.2) is 19.6 Å². The van der Waals surface area contributed by atoms with Gasteiger partial charge in [-0.15, -0.1) is 6.58 Å². The van der Waals surface area contributed by atoms with Crippen molar-refractivity contribution in [1.29, 1.82) is 0 Å². The van der Waals surface area contributed by atoms with Crippen LogP contribution in [0.1, 0.15) is 6.42 Å². The predicted octanol–water partition coefficient (Wildman–Crippen LogP) is 0.109. The minimum Gasteiger partial charge on any atom is -0.326 e. The SMILES string of the molecule is C=CCC(N)CNC. The van der Waals surface area contributed by atoms with E-state index in [2.05, 4.69) is 11.9 Å². The Morgan fingerprint density at radius 2 is 2.50 bits per heavy atom. The van der Waals surface area contributed by atoms with Gasteiger partial charge in [-0.05, 0) is 13.5 Å². The maximum absolute atomic E-state index is 5.56. The number of likely N-dealkylation sites (N-methyl/N-ethyl adjacent to an activating group) is 1. The molecule has 0 rings (SSSR count). The van der Waals surface area contributed by atoms with E-state index in [0.717, 1.165) is 13.0 Å². The van der Waals surface area contributed by atoms with Crippen molar-refractivity contribution in [2.75, 3.05) is 13.6 Å². The molecule has 0 fully saturated rings. The van der Waals surface area contributed by atoms with Gasteiger partial charge in [-0.2, -0.15) is 0 Å². The summed E-state index contributed by atoms with van der Waals surface area (Å²) < 4.78 is 0. The van der Waals surface area contributed by atoms with Crippen LogP contribution < -0.4 is 11.1 Å². The molecule has 8 heavy (non-hydrogen) atoms. The third-order valence-corrected chi connectivity index (χ3v) is 0.936. The number of nitrogens with one attached hydrogen (secondary N) is 1. The van der Waals surface area contributed by atoms with E-state index in [1.807, 2.05) is 13.1 Å². The van der Waals surface area contributed by atoms with E-state index in [4.69, 9.17) is 5.73 Å². The van der Waals surface area contributed by atoms with E-state index in [-0.39, 0.29) is 6.04 Å². The standard InChI is InChI=1S/C6H14N2/c1-3-4-6(7)5-8-2/h3,6,8H,1,4-5,7H2,2H3. The molecule has 48 valence electrons. The molecule has 0 amide bonds. The van der Waals surface area contributed by atoms with Crippen molar-refractivity contribution in [1.82, 2.24) is 5.32 Å². The van der Waals surface area contributed by atoms with Gasteiger partial charge in [-0.1, -0.05) is 6.08 Å². The molecule has 0 aromatic rings. The molecule has 2 nitrogen and oxygen atoms in total. The van der Waals surface area contributed by atoms with E-state index >= 15 is 0 Å². The van der Waals surface area contributed by atoms with Gasteiger partial charge in [0.05, 0.1) is 0 Å². The van der Waals surface area contributed by atoms with Crippen LogP contribution in [-0.2, 0) is 0 Å². The van der Waals surface area contributed by atoms with E-state index in [1.54, 1.807) is 0 Å². The first-order chi connectivity index (χ1) is 3.81. The second-order valence-corrected chi connectivity index (χ2v) is 1.84. The minimum absolute atomic E-state index is 0.234. The van der Waals surface area contributed by atoms with Gasteiger partial charge in [0.1, 0.15) is 0 Å². The second kappa shape index (κ2) is 4.81. The lowest BCUT2D eigenvalue weighted by Crippen LogP contribution is -2.31. The van der Waals surface area contributed by atoms with Gasteiger partial charge in [0, 0.05) is 12.6 Å². The molecule has 2 heteroatoms.